The number of nitrogens with zero attached hydrogens (tertiary/aromatic N) is 6. The highest BCUT2D eigenvalue weighted by Gasteiger charge is 2.21. The lowest BCUT2D eigenvalue weighted by Crippen LogP contribution is -2.45. The van der Waals surface area contributed by atoms with Crippen molar-refractivity contribution in [1.29, 1.82) is 0 Å². The first kappa shape index (κ1) is 17.2. The van der Waals surface area contributed by atoms with E-state index in [9.17, 15) is 0 Å². The van der Waals surface area contributed by atoms with Gasteiger partial charge in [0.25, 0.3) is 0 Å². The summed E-state index contributed by atoms with van der Waals surface area (Å²) in [5.74, 6) is 2.56. The van der Waals surface area contributed by atoms with Crippen LogP contribution in [0.15, 0.2) is 48.5 Å². The second-order valence-electron chi connectivity index (χ2n) is 7.08. The smallest absolute Gasteiger partial charge is 0.231 e. The van der Waals surface area contributed by atoms with Gasteiger partial charge in [-0.05, 0) is 40.3 Å². The van der Waals surface area contributed by atoms with Gasteiger partial charge in [0, 0.05) is 32.7 Å². The summed E-state index contributed by atoms with van der Waals surface area (Å²) in [6, 6.07) is 16.2. The molecule has 8 heteroatoms. The van der Waals surface area contributed by atoms with Gasteiger partial charge in [-0.15, -0.1) is 5.10 Å². The summed E-state index contributed by atoms with van der Waals surface area (Å²) in [5.41, 5.74) is 2.25. The number of benzene rings is 2. The van der Waals surface area contributed by atoms with Gasteiger partial charge in [-0.25, -0.2) is 0 Å². The van der Waals surface area contributed by atoms with Crippen molar-refractivity contribution in [2.45, 2.75) is 13.1 Å². The molecule has 2 aliphatic rings. The molecule has 0 saturated carbocycles. The zero-order valence-corrected chi connectivity index (χ0v) is 15.6. The highest BCUT2D eigenvalue weighted by molar-refractivity contribution is 5.44. The number of para-hydroxylation sites is 1. The van der Waals surface area contributed by atoms with Gasteiger partial charge in [-0.3, -0.25) is 9.80 Å². The van der Waals surface area contributed by atoms with Crippen molar-refractivity contribution < 1.29 is 9.47 Å². The second kappa shape index (κ2) is 7.57. The molecule has 144 valence electrons. The quantitative estimate of drug-likeness (QED) is 0.669. The molecule has 3 aromatic rings. The molecule has 28 heavy (non-hydrogen) atoms. The Morgan fingerprint density at radius 3 is 2.39 bits per heavy atom. The molecule has 1 aromatic heterocycles. The van der Waals surface area contributed by atoms with E-state index in [0.717, 1.165) is 62.3 Å². The molecule has 0 atom stereocenters. The molecule has 2 aromatic carbocycles. The number of hydrogen-bond acceptors (Lipinski definition) is 7. The summed E-state index contributed by atoms with van der Waals surface area (Å²) in [6.07, 6.45) is 0. The molecule has 1 saturated heterocycles. The largest absolute Gasteiger partial charge is 0.454 e. The van der Waals surface area contributed by atoms with Gasteiger partial charge in [-0.1, -0.05) is 24.3 Å². The van der Waals surface area contributed by atoms with Crippen molar-refractivity contribution in [3.8, 4) is 17.2 Å². The lowest BCUT2D eigenvalue weighted by Gasteiger charge is -2.34. The number of aromatic nitrogens is 4. The number of piperazine rings is 1. The van der Waals surface area contributed by atoms with Gasteiger partial charge < -0.3 is 9.47 Å². The molecule has 0 radical (unpaired) electrons. The lowest BCUT2D eigenvalue weighted by molar-refractivity contribution is 0.119. The van der Waals surface area contributed by atoms with Crippen molar-refractivity contribution in [3.05, 3.63) is 59.9 Å². The van der Waals surface area contributed by atoms with Crippen molar-refractivity contribution >= 4 is 0 Å². The van der Waals surface area contributed by atoms with E-state index in [1.807, 2.05) is 41.1 Å². The fourth-order valence-corrected chi connectivity index (χ4v) is 3.68. The summed E-state index contributed by atoms with van der Waals surface area (Å²) in [7, 11) is 0. The van der Waals surface area contributed by atoms with Crippen molar-refractivity contribution in [1.82, 2.24) is 30.0 Å². The normalized spacial score (nSPS) is 17.1. The number of tetrazole rings is 1. The molecular weight excluding hydrogens is 356 g/mol. The second-order valence-corrected chi connectivity index (χ2v) is 7.08. The van der Waals surface area contributed by atoms with Crippen LogP contribution in [0.4, 0.5) is 0 Å². The summed E-state index contributed by atoms with van der Waals surface area (Å²) in [5, 5.41) is 12.2. The standard InChI is InChI=1S/C20H22N6O2/c1-2-4-17(5-3-1)26-20(21-22-23-26)14-25-10-8-24(9-11-25)13-16-6-7-18-19(12-16)28-15-27-18/h1-7,12H,8-11,13-15H2. The predicted octanol–water partition coefficient (Wildman–Crippen LogP) is 1.71. The van der Waals surface area contributed by atoms with Crippen LogP contribution in [0.5, 0.6) is 11.5 Å². The van der Waals surface area contributed by atoms with Gasteiger partial charge in [0.15, 0.2) is 17.3 Å². The van der Waals surface area contributed by atoms with E-state index in [-0.39, 0.29) is 0 Å². The molecule has 0 N–H and O–H groups in total. The van der Waals surface area contributed by atoms with Crippen molar-refractivity contribution in [3.63, 3.8) is 0 Å². The Kier molecular flexibility index (Phi) is 4.64. The molecule has 0 bridgehead atoms. The number of rotatable bonds is 5. The molecule has 1 fully saturated rings. The van der Waals surface area contributed by atoms with E-state index in [2.05, 4.69) is 37.5 Å². The molecule has 2 aliphatic heterocycles. The number of fused-ring (bicyclic) bond motifs is 1. The minimum Gasteiger partial charge on any atom is -0.454 e. The fourth-order valence-electron chi connectivity index (χ4n) is 3.68. The van der Waals surface area contributed by atoms with Gasteiger partial charge in [-0.2, -0.15) is 4.68 Å². The Bertz CT molecular complexity index is 937. The summed E-state index contributed by atoms with van der Waals surface area (Å²) >= 11 is 0. The third-order valence-electron chi connectivity index (χ3n) is 5.21. The lowest BCUT2D eigenvalue weighted by atomic mass is 10.1. The summed E-state index contributed by atoms with van der Waals surface area (Å²) in [6.45, 7) is 6.01. The van der Waals surface area contributed by atoms with Crippen LogP contribution in [0.1, 0.15) is 11.4 Å². The Morgan fingerprint density at radius 2 is 1.57 bits per heavy atom. The van der Waals surface area contributed by atoms with Gasteiger partial charge >= 0.3 is 0 Å². The van der Waals surface area contributed by atoms with Crippen LogP contribution in [0.2, 0.25) is 0 Å². The maximum atomic E-state index is 5.48. The third kappa shape index (κ3) is 3.56. The topological polar surface area (TPSA) is 68.5 Å². The molecule has 5 rings (SSSR count). The van der Waals surface area contributed by atoms with E-state index in [1.54, 1.807) is 0 Å². The summed E-state index contributed by atoms with van der Waals surface area (Å²) < 4.78 is 12.7. The first-order chi connectivity index (χ1) is 13.8. The van der Waals surface area contributed by atoms with E-state index >= 15 is 0 Å². The maximum Gasteiger partial charge on any atom is 0.231 e. The Balaban J connectivity index is 1.18. The molecule has 0 spiro atoms. The molecule has 8 nitrogen and oxygen atoms in total. The van der Waals surface area contributed by atoms with Gasteiger partial charge in [0.1, 0.15) is 0 Å². The number of ether oxygens (including phenoxy) is 2. The first-order valence-corrected chi connectivity index (χ1v) is 9.51. The first-order valence-electron chi connectivity index (χ1n) is 9.51. The highest BCUT2D eigenvalue weighted by Crippen LogP contribution is 2.32. The van der Waals surface area contributed by atoms with Gasteiger partial charge in [0.05, 0.1) is 12.2 Å². The molecule has 3 heterocycles. The zero-order chi connectivity index (χ0) is 18.8. The minimum atomic E-state index is 0.319. The monoisotopic (exact) mass is 378 g/mol. The van der Waals surface area contributed by atoms with Crippen LogP contribution in [0.3, 0.4) is 0 Å². The van der Waals surface area contributed by atoms with Crippen LogP contribution in [0, 0.1) is 0 Å². The Hall–Kier alpha value is -2.97. The van der Waals surface area contributed by atoms with Crippen LogP contribution in [0.25, 0.3) is 5.69 Å². The van der Waals surface area contributed by atoms with E-state index in [1.165, 1.54) is 5.56 Å². The van der Waals surface area contributed by atoms with Gasteiger partial charge in [0.2, 0.25) is 6.79 Å². The predicted molar refractivity (Wildman–Crippen MR) is 102 cm³/mol. The van der Waals surface area contributed by atoms with Crippen molar-refractivity contribution in [2.75, 3.05) is 33.0 Å². The van der Waals surface area contributed by atoms with E-state index < -0.39 is 0 Å². The average molecular weight is 378 g/mol. The fraction of sp³-hybridized carbons (Fsp3) is 0.350. The van der Waals surface area contributed by atoms with Crippen LogP contribution < -0.4 is 9.47 Å². The van der Waals surface area contributed by atoms with Crippen molar-refractivity contribution in [2.24, 2.45) is 0 Å². The van der Waals surface area contributed by atoms with E-state index in [0.29, 0.717) is 6.79 Å². The molecular formula is C20H22N6O2. The third-order valence-corrected chi connectivity index (χ3v) is 5.21. The Labute approximate surface area is 163 Å². The SMILES string of the molecule is c1ccc(-n2nnnc2CN2CCN(Cc3ccc4c(c3)OCO4)CC2)cc1. The minimum absolute atomic E-state index is 0.319. The number of hydrogen-bond donors (Lipinski definition) is 0. The molecule has 0 amide bonds. The summed E-state index contributed by atoms with van der Waals surface area (Å²) in [4.78, 5) is 4.87. The maximum absolute atomic E-state index is 5.48. The van der Waals surface area contributed by atoms with Crippen LogP contribution >= 0.6 is 0 Å². The average Bonchev–Trinajstić information content (AvgIpc) is 3.39. The highest BCUT2D eigenvalue weighted by atomic mass is 16.7. The van der Waals surface area contributed by atoms with Crippen LogP contribution in [-0.2, 0) is 13.1 Å². The molecule has 0 unspecified atom stereocenters. The Morgan fingerprint density at radius 1 is 0.821 bits per heavy atom. The van der Waals surface area contributed by atoms with E-state index in [4.69, 9.17) is 9.47 Å². The van der Waals surface area contributed by atoms with Crippen LogP contribution in [-0.4, -0.2) is 63.0 Å². The zero-order valence-electron chi connectivity index (χ0n) is 15.6. The molecule has 0 aliphatic carbocycles.